The first-order chi connectivity index (χ1) is 11.4. The van der Waals surface area contributed by atoms with Crippen LogP contribution in [0.4, 0.5) is 5.69 Å². The monoisotopic (exact) mass is 373 g/mol. The summed E-state index contributed by atoms with van der Waals surface area (Å²) in [5.41, 5.74) is 1.04. The van der Waals surface area contributed by atoms with Gasteiger partial charge < -0.3 is 10.2 Å². The molecule has 8 heteroatoms. The molecule has 6 nitrogen and oxygen atoms in total. The average Bonchev–Trinajstić information content (AvgIpc) is 2.56. The molecule has 0 saturated carbocycles. The molecule has 0 aromatic heterocycles. The van der Waals surface area contributed by atoms with E-state index in [2.05, 4.69) is 10.2 Å². The van der Waals surface area contributed by atoms with Gasteiger partial charge in [0.15, 0.2) is 0 Å². The third-order valence-electron chi connectivity index (χ3n) is 3.98. The van der Waals surface area contributed by atoms with Crippen LogP contribution in [-0.2, 0) is 14.8 Å². The molecular weight excluding hydrogens is 350 g/mol. The Balaban J connectivity index is 1.82. The van der Waals surface area contributed by atoms with Crippen LogP contribution in [-0.4, -0.2) is 57.1 Å². The molecule has 0 bridgehead atoms. The van der Waals surface area contributed by atoms with Crippen LogP contribution in [0.2, 0.25) is 5.02 Å². The van der Waals surface area contributed by atoms with Crippen molar-refractivity contribution in [1.82, 2.24) is 9.62 Å². The van der Waals surface area contributed by atoms with E-state index in [9.17, 15) is 13.2 Å². The molecule has 2 rings (SSSR count). The highest BCUT2D eigenvalue weighted by atomic mass is 35.5. The fourth-order valence-corrected chi connectivity index (χ4v) is 4.10. The van der Waals surface area contributed by atoms with Crippen LogP contribution < -0.4 is 10.2 Å². The molecule has 1 aromatic rings. The Labute approximate surface area is 148 Å². The maximum atomic E-state index is 12.4. The molecule has 1 amide bonds. The summed E-state index contributed by atoms with van der Waals surface area (Å²) < 4.78 is 26.2. The molecule has 0 radical (unpaired) electrons. The van der Waals surface area contributed by atoms with Gasteiger partial charge in [-0.25, -0.2) is 8.42 Å². The topological polar surface area (TPSA) is 69.7 Å². The minimum atomic E-state index is -3.34. The predicted octanol–water partition coefficient (Wildman–Crippen LogP) is 1.71. The molecule has 1 fully saturated rings. The van der Waals surface area contributed by atoms with Crippen molar-refractivity contribution < 1.29 is 13.2 Å². The lowest BCUT2D eigenvalue weighted by Crippen LogP contribution is -2.50. The van der Waals surface area contributed by atoms with Gasteiger partial charge in [-0.3, -0.25) is 4.79 Å². The summed E-state index contributed by atoms with van der Waals surface area (Å²) >= 11 is 5.89. The summed E-state index contributed by atoms with van der Waals surface area (Å²) in [6.45, 7) is 4.27. The van der Waals surface area contributed by atoms with Crippen molar-refractivity contribution in [2.24, 2.45) is 0 Å². The number of sulfonamides is 1. The molecule has 0 unspecified atom stereocenters. The summed E-state index contributed by atoms with van der Waals surface area (Å²) in [5, 5.41) is 3.34. The largest absolute Gasteiger partial charge is 0.369 e. The molecule has 1 heterocycles. The molecule has 0 spiro atoms. The van der Waals surface area contributed by atoms with Gasteiger partial charge in [0.05, 0.1) is 5.75 Å². The van der Waals surface area contributed by atoms with Crippen LogP contribution in [0.3, 0.4) is 0 Å². The van der Waals surface area contributed by atoms with Gasteiger partial charge in [-0.1, -0.05) is 18.5 Å². The first kappa shape index (κ1) is 19.0. The Morgan fingerprint density at radius 3 is 2.38 bits per heavy atom. The van der Waals surface area contributed by atoms with Crippen molar-refractivity contribution in [1.29, 1.82) is 0 Å². The van der Waals surface area contributed by atoms with E-state index >= 15 is 0 Å². The SMILES string of the molecule is CCCC(=O)NCCS(=O)(=O)N1CCN(c2ccc(Cl)cc2)CC1. The number of rotatable bonds is 7. The lowest BCUT2D eigenvalue weighted by atomic mass is 10.2. The molecule has 1 aliphatic heterocycles. The Hall–Kier alpha value is -1.31. The van der Waals surface area contributed by atoms with E-state index in [1.165, 1.54) is 4.31 Å². The maximum absolute atomic E-state index is 12.4. The van der Waals surface area contributed by atoms with E-state index in [1.54, 1.807) is 0 Å². The molecule has 0 aliphatic carbocycles. The van der Waals surface area contributed by atoms with E-state index in [-0.39, 0.29) is 18.2 Å². The molecule has 134 valence electrons. The number of benzene rings is 1. The number of hydrogen-bond acceptors (Lipinski definition) is 4. The summed E-state index contributed by atoms with van der Waals surface area (Å²) in [7, 11) is -3.34. The van der Waals surface area contributed by atoms with Gasteiger partial charge in [0.2, 0.25) is 15.9 Å². The maximum Gasteiger partial charge on any atom is 0.220 e. The lowest BCUT2D eigenvalue weighted by molar-refractivity contribution is -0.120. The smallest absolute Gasteiger partial charge is 0.220 e. The second-order valence-electron chi connectivity index (χ2n) is 5.78. The molecule has 24 heavy (non-hydrogen) atoms. The number of halogens is 1. The van der Waals surface area contributed by atoms with Crippen molar-refractivity contribution >= 4 is 33.2 Å². The number of carbonyl (C=O) groups is 1. The Bertz CT molecular complexity index is 641. The third kappa shape index (κ3) is 5.36. The number of amides is 1. The molecule has 1 aromatic carbocycles. The van der Waals surface area contributed by atoms with Crippen LogP contribution in [0, 0.1) is 0 Å². The molecule has 1 N–H and O–H groups in total. The quantitative estimate of drug-likeness (QED) is 0.789. The molecule has 1 saturated heterocycles. The standard InChI is InChI=1S/C16H24ClN3O3S/c1-2-3-16(21)18-8-13-24(22,23)20-11-9-19(10-12-20)15-6-4-14(17)5-7-15/h4-7H,2-3,8-13H2,1H3,(H,18,21). The van der Waals surface area contributed by atoms with Crippen molar-refractivity contribution in [3.8, 4) is 0 Å². The third-order valence-corrected chi connectivity index (χ3v) is 6.11. The normalized spacial score (nSPS) is 16.2. The average molecular weight is 374 g/mol. The number of nitrogens with zero attached hydrogens (tertiary/aromatic N) is 2. The van der Waals surface area contributed by atoms with E-state index in [1.807, 2.05) is 31.2 Å². The number of anilines is 1. The Morgan fingerprint density at radius 1 is 1.17 bits per heavy atom. The molecule has 0 atom stereocenters. The van der Waals surface area contributed by atoms with Crippen LogP contribution >= 0.6 is 11.6 Å². The second-order valence-corrected chi connectivity index (χ2v) is 8.30. The van der Waals surface area contributed by atoms with Gasteiger partial charge in [0, 0.05) is 49.9 Å². The molecule has 1 aliphatic rings. The van der Waals surface area contributed by atoms with E-state index in [0.29, 0.717) is 37.6 Å². The minimum Gasteiger partial charge on any atom is -0.369 e. The van der Waals surface area contributed by atoms with Gasteiger partial charge >= 0.3 is 0 Å². The number of carbonyl (C=O) groups excluding carboxylic acids is 1. The van der Waals surface area contributed by atoms with E-state index < -0.39 is 10.0 Å². The Morgan fingerprint density at radius 2 is 1.79 bits per heavy atom. The van der Waals surface area contributed by atoms with Crippen LogP contribution in [0.5, 0.6) is 0 Å². The summed E-state index contributed by atoms with van der Waals surface area (Å²) in [5.74, 6) is -0.149. The summed E-state index contributed by atoms with van der Waals surface area (Å²) in [4.78, 5) is 13.5. The highest BCUT2D eigenvalue weighted by Crippen LogP contribution is 2.20. The van der Waals surface area contributed by atoms with Gasteiger partial charge in [-0.05, 0) is 30.7 Å². The second kappa shape index (κ2) is 8.69. The highest BCUT2D eigenvalue weighted by Gasteiger charge is 2.26. The number of hydrogen-bond donors (Lipinski definition) is 1. The van der Waals surface area contributed by atoms with Gasteiger partial charge in [0.1, 0.15) is 0 Å². The van der Waals surface area contributed by atoms with Crippen LogP contribution in [0.25, 0.3) is 0 Å². The van der Waals surface area contributed by atoms with Crippen molar-refractivity contribution in [2.75, 3.05) is 43.4 Å². The van der Waals surface area contributed by atoms with Gasteiger partial charge in [0.25, 0.3) is 0 Å². The van der Waals surface area contributed by atoms with Crippen molar-refractivity contribution in [2.45, 2.75) is 19.8 Å². The zero-order valence-corrected chi connectivity index (χ0v) is 15.4. The fraction of sp³-hybridized carbons (Fsp3) is 0.562. The van der Waals surface area contributed by atoms with Crippen LogP contribution in [0.15, 0.2) is 24.3 Å². The van der Waals surface area contributed by atoms with Crippen molar-refractivity contribution in [3.05, 3.63) is 29.3 Å². The first-order valence-corrected chi connectivity index (χ1v) is 10.2. The Kier molecular flexibility index (Phi) is 6.89. The van der Waals surface area contributed by atoms with E-state index in [4.69, 9.17) is 11.6 Å². The highest BCUT2D eigenvalue weighted by molar-refractivity contribution is 7.89. The predicted molar refractivity (Wildman–Crippen MR) is 96.9 cm³/mol. The number of nitrogens with one attached hydrogen (secondary N) is 1. The summed E-state index contributed by atoms with van der Waals surface area (Å²) in [6, 6.07) is 7.55. The summed E-state index contributed by atoms with van der Waals surface area (Å²) in [6.07, 6.45) is 1.19. The van der Waals surface area contributed by atoms with E-state index in [0.717, 1.165) is 12.1 Å². The zero-order chi connectivity index (χ0) is 17.6. The molecular formula is C16H24ClN3O3S. The first-order valence-electron chi connectivity index (χ1n) is 8.17. The lowest BCUT2D eigenvalue weighted by Gasteiger charge is -2.35. The van der Waals surface area contributed by atoms with Crippen LogP contribution in [0.1, 0.15) is 19.8 Å². The van der Waals surface area contributed by atoms with Gasteiger partial charge in [-0.15, -0.1) is 0 Å². The zero-order valence-electron chi connectivity index (χ0n) is 13.9. The fourth-order valence-electron chi connectivity index (χ4n) is 2.64. The van der Waals surface area contributed by atoms with Gasteiger partial charge in [-0.2, -0.15) is 4.31 Å². The number of piperazine rings is 1. The minimum absolute atomic E-state index is 0.0522. The van der Waals surface area contributed by atoms with Crippen molar-refractivity contribution in [3.63, 3.8) is 0 Å².